The SMILES string of the molecule is CCN(CC(C)(C)O)C(=O)c1cn2c(C)cccc2n1. The summed E-state index contributed by atoms with van der Waals surface area (Å²) in [5.74, 6) is -0.155. The van der Waals surface area contributed by atoms with E-state index < -0.39 is 5.60 Å². The number of amides is 1. The first-order valence-corrected chi connectivity index (χ1v) is 6.78. The Hall–Kier alpha value is -1.88. The van der Waals surface area contributed by atoms with Crippen LogP contribution in [-0.4, -0.2) is 44.0 Å². The number of carbonyl (C=O) groups is 1. The first-order valence-electron chi connectivity index (χ1n) is 6.78. The van der Waals surface area contributed by atoms with Crippen molar-refractivity contribution >= 4 is 11.6 Å². The van der Waals surface area contributed by atoms with Gasteiger partial charge in [-0.3, -0.25) is 4.79 Å². The Labute approximate surface area is 118 Å². The first kappa shape index (κ1) is 14.5. The lowest BCUT2D eigenvalue weighted by Crippen LogP contribution is -2.42. The van der Waals surface area contributed by atoms with E-state index in [0.717, 1.165) is 11.3 Å². The van der Waals surface area contributed by atoms with E-state index in [2.05, 4.69) is 4.98 Å². The molecule has 5 nitrogen and oxygen atoms in total. The largest absolute Gasteiger partial charge is 0.389 e. The van der Waals surface area contributed by atoms with E-state index in [0.29, 0.717) is 12.2 Å². The molecule has 2 aromatic rings. The molecule has 0 aromatic carbocycles. The number of hydrogen-bond acceptors (Lipinski definition) is 3. The van der Waals surface area contributed by atoms with E-state index in [4.69, 9.17) is 0 Å². The standard InChI is InChI=1S/C15H21N3O2/c1-5-17(10-15(3,4)20)14(19)12-9-18-11(2)7-6-8-13(18)16-12/h6-9,20H,5,10H2,1-4H3. The van der Waals surface area contributed by atoms with Crippen LogP contribution in [0, 0.1) is 6.92 Å². The molecule has 5 heteroatoms. The van der Waals surface area contributed by atoms with Crippen LogP contribution in [0.4, 0.5) is 0 Å². The monoisotopic (exact) mass is 275 g/mol. The smallest absolute Gasteiger partial charge is 0.274 e. The zero-order valence-corrected chi connectivity index (χ0v) is 12.4. The molecular weight excluding hydrogens is 254 g/mol. The lowest BCUT2D eigenvalue weighted by Gasteiger charge is -2.27. The molecule has 20 heavy (non-hydrogen) atoms. The van der Waals surface area contributed by atoms with Gasteiger partial charge in [0.05, 0.1) is 5.60 Å². The second-order valence-corrected chi connectivity index (χ2v) is 5.65. The van der Waals surface area contributed by atoms with Crippen molar-refractivity contribution in [2.75, 3.05) is 13.1 Å². The molecule has 2 heterocycles. The zero-order chi connectivity index (χ0) is 14.9. The number of aromatic nitrogens is 2. The number of hydrogen-bond donors (Lipinski definition) is 1. The second-order valence-electron chi connectivity index (χ2n) is 5.65. The number of nitrogens with zero attached hydrogens (tertiary/aromatic N) is 3. The molecule has 0 saturated carbocycles. The van der Waals surface area contributed by atoms with Crippen LogP contribution in [0.2, 0.25) is 0 Å². The van der Waals surface area contributed by atoms with Crippen LogP contribution in [0.3, 0.4) is 0 Å². The van der Waals surface area contributed by atoms with Crippen molar-refractivity contribution in [1.29, 1.82) is 0 Å². The van der Waals surface area contributed by atoms with Crippen molar-refractivity contribution in [2.45, 2.75) is 33.3 Å². The van der Waals surface area contributed by atoms with Gasteiger partial charge in [0, 0.05) is 25.0 Å². The fourth-order valence-electron chi connectivity index (χ4n) is 2.21. The van der Waals surface area contributed by atoms with E-state index >= 15 is 0 Å². The van der Waals surface area contributed by atoms with Gasteiger partial charge in [-0.2, -0.15) is 0 Å². The van der Waals surface area contributed by atoms with E-state index in [1.807, 2.05) is 36.4 Å². The molecule has 1 N–H and O–H groups in total. The predicted molar refractivity (Wildman–Crippen MR) is 77.8 cm³/mol. The lowest BCUT2D eigenvalue weighted by molar-refractivity contribution is 0.0312. The normalized spacial score (nSPS) is 11.8. The van der Waals surface area contributed by atoms with Crippen molar-refractivity contribution in [3.8, 4) is 0 Å². The number of carbonyl (C=O) groups excluding carboxylic acids is 1. The Balaban J connectivity index is 2.32. The molecule has 0 fully saturated rings. The average molecular weight is 275 g/mol. The van der Waals surface area contributed by atoms with Crippen LogP contribution in [-0.2, 0) is 0 Å². The van der Waals surface area contributed by atoms with E-state index in [1.54, 1.807) is 24.9 Å². The fraction of sp³-hybridized carbons (Fsp3) is 0.467. The molecule has 0 aliphatic heterocycles. The van der Waals surface area contributed by atoms with Gasteiger partial charge in [0.25, 0.3) is 5.91 Å². The minimum Gasteiger partial charge on any atom is -0.389 e. The number of aliphatic hydroxyl groups is 1. The van der Waals surface area contributed by atoms with E-state index in [-0.39, 0.29) is 12.5 Å². The highest BCUT2D eigenvalue weighted by Gasteiger charge is 2.24. The average Bonchev–Trinajstić information content (AvgIpc) is 2.79. The van der Waals surface area contributed by atoms with Crippen molar-refractivity contribution in [1.82, 2.24) is 14.3 Å². The Morgan fingerprint density at radius 2 is 2.15 bits per heavy atom. The summed E-state index contributed by atoms with van der Waals surface area (Å²) in [5, 5.41) is 9.88. The highest BCUT2D eigenvalue weighted by Crippen LogP contribution is 2.12. The topological polar surface area (TPSA) is 57.8 Å². The maximum absolute atomic E-state index is 12.5. The maximum atomic E-state index is 12.5. The van der Waals surface area contributed by atoms with Crippen molar-refractivity contribution in [3.05, 3.63) is 35.8 Å². The van der Waals surface area contributed by atoms with Gasteiger partial charge in [-0.05, 0) is 39.8 Å². The molecule has 2 aromatic heterocycles. The third kappa shape index (κ3) is 2.99. The lowest BCUT2D eigenvalue weighted by atomic mass is 10.1. The van der Waals surface area contributed by atoms with Gasteiger partial charge in [-0.1, -0.05) is 6.07 Å². The van der Waals surface area contributed by atoms with Gasteiger partial charge < -0.3 is 14.4 Å². The summed E-state index contributed by atoms with van der Waals surface area (Å²) in [4.78, 5) is 18.4. The summed E-state index contributed by atoms with van der Waals surface area (Å²) >= 11 is 0. The van der Waals surface area contributed by atoms with Gasteiger partial charge >= 0.3 is 0 Å². The summed E-state index contributed by atoms with van der Waals surface area (Å²) in [5.41, 5.74) is 1.28. The first-order chi connectivity index (χ1) is 9.31. The molecule has 108 valence electrons. The van der Waals surface area contributed by atoms with Gasteiger partial charge in [-0.15, -0.1) is 0 Å². The summed E-state index contributed by atoms with van der Waals surface area (Å²) in [7, 11) is 0. The summed E-state index contributed by atoms with van der Waals surface area (Å²) in [6.07, 6.45) is 1.75. The number of rotatable bonds is 4. The molecule has 0 bridgehead atoms. The Morgan fingerprint density at radius 3 is 2.70 bits per heavy atom. The Bertz CT molecular complexity index is 626. The molecule has 0 spiro atoms. The maximum Gasteiger partial charge on any atom is 0.274 e. The van der Waals surface area contributed by atoms with Gasteiger partial charge in [-0.25, -0.2) is 4.98 Å². The molecule has 0 radical (unpaired) electrons. The highest BCUT2D eigenvalue weighted by molar-refractivity contribution is 5.93. The van der Waals surface area contributed by atoms with Gasteiger partial charge in [0.1, 0.15) is 11.3 Å². The van der Waals surface area contributed by atoms with Crippen LogP contribution >= 0.6 is 0 Å². The summed E-state index contributed by atoms with van der Waals surface area (Å²) in [6.45, 7) is 8.07. The number of imidazole rings is 1. The molecule has 0 aliphatic carbocycles. The van der Waals surface area contributed by atoms with Crippen LogP contribution in [0.25, 0.3) is 5.65 Å². The molecule has 0 atom stereocenters. The molecule has 0 saturated heterocycles. The van der Waals surface area contributed by atoms with Crippen LogP contribution in [0.15, 0.2) is 24.4 Å². The van der Waals surface area contributed by atoms with Crippen LogP contribution in [0.5, 0.6) is 0 Å². The third-order valence-corrected chi connectivity index (χ3v) is 3.16. The van der Waals surface area contributed by atoms with Gasteiger partial charge in [0.15, 0.2) is 0 Å². The van der Waals surface area contributed by atoms with Crippen molar-refractivity contribution < 1.29 is 9.90 Å². The molecule has 2 rings (SSSR count). The molecule has 1 amide bonds. The minimum absolute atomic E-state index is 0.155. The number of aryl methyl sites for hydroxylation is 1. The number of fused-ring (bicyclic) bond motifs is 1. The molecule has 0 aliphatic rings. The summed E-state index contributed by atoms with van der Waals surface area (Å²) < 4.78 is 1.89. The zero-order valence-electron chi connectivity index (χ0n) is 12.4. The predicted octanol–water partition coefficient (Wildman–Crippen LogP) is 1.88. The molecular formula is C15H21N3O2. The third-order valence-electron chi connectivity index (χ3n) is 3.16. The van der Waals surface area contributed by atoms with Crippen molar-refractivity contribution in [3.63, 3.8) is 0 Å². The number of likely N-dealkylation sites (N-methyl/N-ethyl adjacent to an activating group) is 1. The summed E-state index contributed by atoms with van der Waals surface area (Å²) in [6, 6.07) is 5.76. The Morgan fingerprint density at radius 1 is 1.45 bits per heavy atom. The fourth-order valence-corrected chi connectivity index (χ4v) is 2.21. The van der Waals surface area contributed by atoms with Crippen LogP contribution < -0.4 is 0 Å². The minimum atomic E-state index is -0.916. The Kier molecular flexibility index (Phi) is 3.81. The quantitative estimate of drug-likeness (QED) is 0.926. The van der Waals surface area contributed by atoms with Crippen molar-refractivity contribution in [2.24, 2.45) is 0 Å². The van der Waals surface area contributed by atoms with Gasteiger partial charge in [0.2, 0.25) is 0 Å². The second kappa shape index (κ2) is 5.25. The molecule has 0 unspecified atom stereocenters. The van der Waals surface area contributed by atoms with E-state index in [9.17, 15) is 9.90 Å². The highest BCUT2D eigenvalue weighted by atomic mass is 16.3. The number of pyridine rings is 1. The van der Waals surface area contributed by atoms with Crippen LogP contribution in [0.1, 0.15) is 37.0 Å². The van der Waals surface area contributed by atoms with E-state index in [1.165, 1.54) is 0 Å².